The van der Waals surface area contributed by atoms with Crippen LogP contribution in [-0.4, -0.2) is 53.6 Å². The van der Waals surface area contributed by atoms with Crippen molar-refractivity contribution in [3.05, 3.63) is 59.0 Å². The van der Waals surface area contributed by atoms with Crippen LogP contribution in [0, 0.1) is 17.3 Å². The molecule has 0 saturated carbocycles. The summed E-state index contributed by atoms with van der Waals surface area (Å²) in [7, 11) is 0. The lowest BCUT2D eigenvalue weighted by Crippen LogP contribution is -2.56. The zero-order chi connectivity index (χ0) is 25.2. The molecule has 3 aliphatic rings. The van der Waals surface area contributed by atoms with E-state index in [0.717, 1.165) is 23.8 Å². The van der Waals surface area contributed by atoms with Crippen LogP contribution in [0.15, 0.2) is 53.4 Å². The minimum absolute atomic E-state index is 0.00800. The molecule has 8 heteroatoms. The molecule has 1 fully saturated rings. The number of hydrogen-bond acceptors (Lipinski definition) is 5. The van der Waals surface area contributed by atoms with Gasteiger partial charge in [-0.15, -0.1) is 0 Å². The highest BCUT2D eigenvalue weighted by Crippen LogP contribution is 2.42. The molecule has 3 atom stereocenters. The van der Waals surface area contributed by atoms with Crippen LogP contribution in [0.2, 0.25) is 5.02 Å². The van der Waals surface area contributed by atoms with Crippen LogP contribution in [0.1, 0.15) is 52.0 Å². The Kier molecular flexibility index (Phi) is 7.67. The summed E-state index contributed by atoms with van der Waals surface area (Å²) < 4.78 is 0. The summed E-state index contributed by atoms with van der Waals surface area (Å²) in [5, 5.41) is 5.61. The summed E-state index contributed by atoms with van der Waals surface area (Å²) in [6, 6.07) is 7.47. The Morgan fingerprint density at radius 1 is 1.23 bits per heavy atom. The number of aliphatic imine (C=N–C) groups is 1. The second-order valence-corrected chi connectivity index (χ2v) is 11.1. The lowest BCUT2D eigenvalue weighted by molar-refractivity contribution is -0.141. The topological polar surface area (TPSA) is 77.0 Å². The van der Waals surface area contributed by atoms with Crippen molar-refractivity contribution in [2.75, 3.05) is 19.6 Å². The van der Waals surface area contributed by atoms with Gasteiger partial charge in [0, 0.05) is 37.1 Å². The molecule has 3 heterocycles. The van der Waals surface area contributed by atoms with E-state index >= 15 is 0 Å². The van der Waals surface area contributed by atoms with E-state index in [4.69, 9.17) is 11.6 Å². The first-order valence-electron chi connectivity index (χ1n) is 12.4. The summed E-state index contributed by atoms with van der Waals surface area (Å²) in [4.78, 5) is 33.0. The molecule has 1 unspecified atom stereocenters. The molecule has 0 aliphatic carbocycles. The number of halogens is 1. The third-order valence-electron chi connectivity index (χ3n) is 7.20. The molecule has 0 aromatic heterocycles. The van der Waals surface area contributed by atoms with Crippen LogP contribution in [0.4, 0.5) is 0 Å². The van der Waals surface area contributed by atoms with E-state index in [1.54, 1.807) is 6.21 Å². The maximum atomic E-state index is 13.6. The van der Waals surface area contributed by atoms with Crippen LogP contribution in [0.3, 0.4) is 0 Å². The van der Waals surface area contributed by atoms with Gasteiger partial charge in [-0.05, 0) is 53.9 Å². The molecule has 0 bridgehead atoms. The van der Waals surface area contributed by atoms with Gasteiger partial charge in [0.15, 0.2) is 0 Å². The highest BCUT2D eigenvalue weighted by molar-refractivity contribution is 6.30. The van der Waals surface area contributed by atoms with Crippen LogP contribution < -0.4 is 10.7 Å². The van der Waals surface area contributed by atoms with Gasteiger partial charge in [0.2, 0.25) is 11.8 Å². The largest absolute Gasteiger partial charge is 0.343 e. The Morgan fingerprint density at radius 2 is 1.97 bits per heavy atom. The summed E-state index contributed by atoms with van der Waals surface area (Å²) in [5.74, 6) is 0.559. The van der Waals surface area contributed by atoms with E-state index in [1.165, 1.54) is 5.56 Å². The Morgan fingerprint density at radius 3 is 2.54 bits per heavy atom. The number of likely N-dealkylation sites (tertiary alicyclic amines) is 1. The van der Waals surface area contributed by atoms with E-state index in [2.05, 4.69) is 41.7 Å². The summed E-state index contributed by atoms with van der Waals surface area (Å²) in [5.41, 5.74) is 4.33. The fourth-order valence-corrected chi connectivity index (χ4v) is 5.32. The van der Waals surface area contributed by atoms with Gasteiger partial charge < -0.3 is 10.2 Å². The lowest BCUT2D eigenvalue weighted by atomic mass is 9.70. The predicted molar refractivity (Wildman–Crippen MR) is 140 cm³/mol. The molecule has 1 aromatic rings. The van der Waals surface area contributed by atoms with Crippen molar-refractivity contribution in [1.82, 2.24) is 20.7 Å². The Balaban J connectivity index is 1.38. The number of piperidine rings is 1. The smallest absolute Gasteiger partial charge is 0.245 e. The molecule has 35 heavy (non-hydrogen) atoms. The molecule has 1 saturated heterocycles. The van der Waals surface area contributed by atoms with Crippen molar-refractivity contribution in [3.63, 3.8) is 0 Å². The zero-order valence-electron chi connectivity index (χ0n) is 21.0. The molecule has 7 nitrogen and oxygen atoms in total. The fourth-order valence-electron chi connectivity index (χ4n) is 5.20. The molecule has 4 rings (SSSR count). The minimum atomic E-state index is -0.563. The van der Waals surface area contributed by atoms with Crippen LogP contribution in [0.5, 0.6) is 0 Å². The monoisotopic (exact) mass is 497 g/mol. The predicted octanol–water partition coefficient (Wildman–Crippen LogP) is 4.09. The normalized spacial score (nSPS) is 24.5. The van der Waals surface area contributed by atoms with E-state index in [1.807, 2.05) is 54.2 Å². The highest BCUT2D eigenvalue weighted by Gasteiger charge is 2.40. The second kappa shape index (κ2) is 10.5. The van der Waals surface area contributed by atoms with Gasteiger partial charge in [-0.2, -0.15) is 0 Å². The first kappa shape index (κ1) is 25.5. The first-order valence-corrected chi connectivity index (χ1v) is 12.8. The van der Waals surface area contributed by atoms with Gasteiger partial charge in [0.05, 0.1) is 5.92 Å². The summed E-state index contributed by atoms with van der Waals surface area (Å²) >= 11 is 6.08. The molecular formula is C27H36ClN5O2. The van der Waals surface area contributed by atoms with Crippen molar-refractivity contribution < 1.29 is 9.59 Å². The molecule has 3 aliphatic heterocycles. The van der Waals surface area contributed by atoms with E-state index in [9.17, 15) is 9.59 Å². The van der Waals surface area contributed by atoms with Crippen LogP contribution >= 0.6 is 11.6 Å². The van der Waals surface area contributed by atoms with E-state index in [0.29, 0.717) is 25.4 Å². The molecule has 2 amide bonds. The van der Waals surface area contributed by atoms with Gasteiger partial charge in [0.25, 0.3) is 0 Å². The average molecular weight is 498 g/mol. The van der Waals surface area contributed by atoms with Gasteiger partial charge in [-0.3, -0.25) is 14.6 Å². The standard InChI is InChI=1S/C27H36ClN5O2/c1-18(2)24(31-25(34)20-8-11-23(29-16-20)33-14-5-13-30-33)26(35)32-15-12-22(27(3,4)17-32)19-6-9-21(28)10-7-19/h5-7,9-11,14,16,18,20,22,24,30H,8,12-13,15,17H2,1-4H3,(H,31,34)/t20?,22-,24-/m1/s1. The SMILES string of the molecule is CC(C)[C@@H](NC(=O)C1C=NC(N2C=CCN2)=CC1)C(=O)N1CC[C@H](c2ccc(Cl)cc2)C(C)(C)C1. The van der Waals surface area contributed by atoms with Gasteiger partial charge in [-0.1, -0.05) is 57.5 Å². The molecule has 1 aromatic carbocycles. The van der Waals surface area contributed by atoms with E-state index < -0.39 is 6.04 Å². The molecule has 0 radical (unpaired) electrons. The van der Waals surface area contributed by atoms with Gasteiger partial charge >= 0.3 is 0 Å². The quantitative estimate of drug-likeness (QED) is 0.620. The van der Waals surface area contributed by atoms with Crippen molar-refractivity contribution in [2.24, 2.45) is 22.2 Å². The van der Waals surface area contributed by atoms with Crippen LogP contribution in [-0.2, 0) is 9.59 Å². The van der Waals surface area contributed by atoms with Gasteiger partial charge in [-0.25, -0.2) is 10.4 Å². The molecular weight excluding hydrogens is 462 g/mol. The third kappa shape index (κ3) is 5.78. The van der Waals surface area contributed by atoms with Crippen molar-refractivity contribution >= 4 is 29.6 Å². The number of rotatable bonds is 6. The Hall–Kier alpha value is -2.64. The minimum Gasteiger partial charge on any atom is -0.343 e. The number of allylic oxidation sites excluding steroid dienone is 1. The van der Waals surface area contributed by atoms with Crippen molar-refractivity contribution in [1.29, 1.82) is 0 Å². The maximum absolute atomic E-state index is 13.6. The molecule has 0 spiro atoms. The number of benzene rings is 1. The molecule has 2 N–H and O–H groups in total. The van der Waals surface area contributed by atoms with Gasteiger partial charge in [0.1, 0.15) is 11.9 Å². The lowest BCUT2D eigenvalue weighted by Gasteiger charge is -2.46. The van der Waals surface area contributed by atoms with Crippen LogP contribution in [0.25, 0.3) is 0 Å². The molecule has 188 valence electrons. The average Bonchev–Trinajstić information content (AvgIpc) is 3.37. The number of hydrogen-bond donors (Lipinski definition) is 2. The Bertz CT molecular complexity index is 1030. The number of carbonyl (C=O) groups is 2. The van der Waals surface area contributed by atoms with Crippen molar-refractivity contribution in [3.8, 4) is 0 Å². The third-order valence-corrected chi connectivity index (χ3v) is 7.45. The summed E-state index contributed by atoms with van der Waals surface area (Å²) in [6.45, 7) is 10.5. The number of carbonyl (C=O) groups excluding carboxylic acids is 2. The van der Waals surface area contributed by atoms with E-state index in [-0.39, 0.29) is 29.1 Å². The second-order valence-electron chi connectivity index (χ2n) is 10.7. The fraction of sp³-hybridized carbons (Fsp3) is 0.519. The Labute approximate surface area is 213 Å². The number of amides is 2. The number of nitrogens with one attached hydrogen (secondary N) is 2. The number of hydrazine groups is 1. The zero-order valence-corrected chi connectivity index (χ0v) is 21.8. The first-order chi connectivity index (χ1) is 16.7. The highest BCUT2D eigenvalue weighted by atomic mass is 35.5. The van der Waals surface area contributed by atoms with Crippen molar-refractivity contribution in [2.45, 2.75) is 52.5 Å². The summed E-state index contributed by atoms with van der Waals surface area (Å²) in [6.07, 6.45) is 8.99. The maximum Gasteiger partial charge on any atom is 0.245 e. The number of nitrogens with zero attached hydrogens (tertiary/aromatic N) is 3.